The molecule has 3 amide bonds. The summed E-state index contributed by atoms with van der Waals surface area (Å²) in [5.41, 5.74) is -0.0919. The average Bonchev–Trinajstić information content (AvgIpc) is 2.92. The van der Waals surface area contributed by atoms with Gasteiger partial charge < -0.3 is 19.5 Å². The van der Waals surface area contributed by atoms with Gasteiger partial charge >= 0.3 is 5.97 Å². The first-order valence-electron chi connectivity index (χ1n) is 7.92. The summed E-state index contributed by atoms with van der Waals surface area (Å²) >= 11 is 0. The van der Waals surface area contributed by atoms with E-state index in [9.17, 15) is 19.2 Å². The monoisotopic (exact) mass is 352 g/mol. The van der Waals surface area contributed by atoms with Gasteiger partial charge in [0.25, 0.3) is 5.91 Å². The van der Waals surface area contributed by atoms with E-state index in [1.807, 2.05) is 13.0 Å². The number of hydrogen-bond acceptors (Lipinski definition) is 6. The highest BCUT2D eigenvalue weighted by Gasteiger charge is 2.65. The van der Waals surface area contributed by atoms with Crippen LogP contribution in [0, 0.1) is 5.92 Å². The molecule has 4 atom stereocenters. The minimum Gasteiger partial charge on any atom is -0.480 e. The van der Waals surface area contributed by atoms with Crippen LogP contribution in [0.15, 0.2) is 11.6 Å². The number of amides is 3. The summed E-state index contributed by atoms with van der Waals surface area (Å²) in [7, 11) is 1.40. The fourth-order valence-electron chi connectivity index (χ4n) is 4.01. The summed E-state index contributed by atoms with van der Waals surface area (Å²) in [6.45, 7) is 2.85. The van der Waals surface area contributed by atoms with Gasteiger partial charge in [-0.15, -0.1) is 0 Å². The number of rotatable bonds is 4. The lowest BCUT2D eigenvalue weighted by molar-refractivity contribution is -0.150. The van der Waals surface area contributed by atoms with E-state index >= 15 is 0 Å². The highest BCUT2D eigenvalue weighted by molar-refractivity contribution is 6.07. The van der Waals surface area contributed by atoms with Crippen LogP contribution in [0.2, 0.25) is 0 Å². The van der Waals surface area contributed by atoms with Crippen molar-refractivity contribution in [2.45, 2.75) is 31.6 Å². The van der Waals surface area contributed by atoms with Gasteiger partial charge in [0.15, 0.2) is 6.10 Å². The number of carbonyl (C=O) groups is 4. The minimum absolute atomic E-state index is 0.271. The molecule has 0 aliphatic carbocycles. The van der Waals surface area contributed by atoms with Crippen molar-refractivity contribution in [3.8, 4) is 0 Å². The number of ether oxygens (including phenoxy) is 2. The van der Waals surface area contributed by atoms with Gasteiger partial charge in [-0.3, -0.25) is 19.3 Å². The van der Waals surface area contributed by atoms with E-state index in [1.54, 1.807) is 6.92 Å². The SMILES string of the molecule is CC1=C[C@]2(C)O[C@@H]3C(=O)N(C)C(=O)[C@@H]3[C@@H]2N(C(=O)COCC(=O)O)C1. The molecule has 9 nitrogen and oxygen atoms in total. The summed E-state index contributed by atoms with van der Waals surface area (Å²) in [6, 6.07) is -0.636. The van der Waals surface area contributed by atoms with Crippen molar-refractivity contribution in [3.63, 3.8) is 0 Å². The molecule has 25 heavy (non-hydrogen) atoms. The highest BCUT2D eigenvalue weighted by atomic mass is 16.5. The molecule has 3 heterocycles. The molecule has 0 saturated carbocycles. The van der Waals surface area contributed by atoms with Crippen LogP contribution in [-0.2, 0) is 28.7 Å². The molecule has 0 aromatic carbocycles. The summed E-state index contributed by atoms with van der Waals surface area (Å²) in [6.07, 6.45) is 0.934. The fraction of sp³-hybridized carbons (Fsp3) is 0.625. The smallest absolute Gasteiger partial charge is 0.329 e. The van der Waals surface area contributed by atoms with Gasteiger partial charge in [0.2, 0.25) is 11.8 Å². The second-order valence-electron chi connectivity index (χ2n) is 6.83. The Bertz CT molecular complexity index is 688. The van der Waals surface area contributed by atoms with Gasteiger partial charge in [-0.05, 0) is 13.8 Å². The number of hydrogen-bond donors (Lipinski definition) is 1. The largest absolute Gasteiger partial charge is 0.480 e. The maximum Gasteiger partial charge on any atom is 0.329 e. The van der Waals surface area contributed by atoms with Gasteiger partial charge in [0.05, 0.1) is 12.0 Å². The van der Waals surface area contributed by atoms with Crippen molar-refractivity contribution >= 4 is 23.7 Å². The third kappa shape index (κ3) is 2.73. The molecule has 0 aromatic heterocycles. The number of nitrogens with zero attached hydrogens (tertiary/aromatic N) is 2. The van der Waals surface area contributed by atoms with Crippen LogP contribution in [0.5, 0.6) is 0 Å². The highest BCUT2D eigenvalue weighted by Crippen LogP contribution is 2.46. The number of likely N-dealkylation sites (N-methyl/N-ethyl adjacent to an activating group) is 1. The van der Waals surface area contributed by atoms with Crippen LogP contribution in [0.25, 0.3) is 0 Å². The molecule has 0 spiro atoms. The normalized spacial score (nSPS) is 34.0. The van der Waals surface area contributed by atoms with Crippen molar-refractivity contribution in [1.29, 1.82) is 0 Å². The second kappa shape index (κ2) is 5.92. The Hall–Kier alpha value is -2.26. The van der Waals surface area contributed by atoms with Gasteiger partial charge in [-0.25, -0.2) is 4.79 Å². The minimum atomic E-state index is -1.17. The summed E-state index contributed by atoms with van der Waals surface area (Å²) in [5.74, 6) is -3.17. The summed E-state index contributed by atoms with van der Waals surface area (Å²) in [5, 5.41) is 8.62. The standard InChI is InChI=1S/C16H20N2O7/c1-8-4-16(2)13(11-12(25-16)15(23)17(3)14(11)22)18(5-8)9(19)6-24-7-10(20)21/h4,11-13H,5-7H2,1-3H3,(H,20,21)/t11-,12-,13-,16-/m0/s1. The number of imide groups is 1. The van der Waals surface area contributed by atoms with E-state index in [-0.39, 0.29) is 12.5 Å². The Morgan fingerprint density at radius 3 is 2.68 bits per heavy atom. The number of fused-ring (bicyclic) bond motifs is 3. The number of carboxylic acids is 1. The van der Waals surface area contributed by atoms with Crippen LogP contribution in [0.1, 0.15) is 13.8 Å². The first-order chi connectivity index (χ1) is 11.7. The first kappa shape index (κ1) is 17.6. The van der Waals surface area contributed by atoms with Gasteiger partial charge in [0, 0.05) is 13.6 Å². The number of aliphatic carboxylic acids is 1. The summed E-state index contributed by atoms with van der Waals surface area (Å²) in [4.78, 5) is 50.4. The van der Waals surface area contributed by atoms with Gasteiger partial charge in [-0.1, -0.05) is 11.6 Å². The predicted octanol–water partition coefficient (Wildman–Crippen LogP) is -0.983. The molecule has 0 aromatic rings. The molecular formula is C16H20N2O7. The van der Waals surface area contributed by atoms with Crippen LogP contribution >= 0.6 is 0 Å². The molecule has 3 aliphatic rings. The maximum absolute atomic E-state index is 12.6. The lowest BCUT2D eigenvalue weighted by Crippen LogP contribution is -2.58. The molecule has 0 unspecified atom stereocenters. The van der Waals surface area contributed by atoms with E-state index < -0.39 is 54.7 Å². The lowest BCUT2D eigenvalue weighted by Gasteiger charge is -2.43. The number of carboxylic acid groups (broad SMARTS) is 1. The molecule has 3 rings (SSSR count). The van der Waals surface area contributed by atoms with Crippen molar-refractivity contribution in [2.24, 2.45) is 5.92 Å². The Morgan fingerprint density at radius 1 is 1.36 bits per heavy atom. The van der Waals surface area contributed by atoms with Crippen molar-refractivity contribution in [2.75, 3.05) is 26.8 Å². The maximum atomic E-state index is 12.6. The zero-order valence-corrected chi connectivity index (χ0v) is 14.2. The van der Waals surface area contributed by atoms with Gasteiger partial charge in [0.1, 0.15) is 18.8 Å². The van der Waals surface area contributed by atoms with E-state index in [0.717, 1.165) is 10.5 Å². The zero-order valence-electron chi connectivity index (χ0n) is 14.2. The Kier molecular flexibility index (Phi) is 4.16. The Morgan fingerprint density at radius 2 is 2.04 bits per heavy atom. The molecule has 9 heteroatoms. The lowest BCUT2D eigenvalue weighted by atomic mass is 9.82. The first-order valence-corrected chi connectivity index (χ1v) is 7.92. The molecule has 3 aliphatic heterocycles. The van der Waals surface area contributed by atoms with Crippen LogP contribution in [-0.4, -0.2) is 83.2 Å². The van der Waals surface area contributed by atoms with E-state index in [2.05, 4.69) is 0 Å². The molecule has 0 bridgehead atoms. The third-order valence-electron chi connectivity index (χ3n) is 4.88. The van der Waals surface area contributed by atoms with Crippen LogP contribution in [0.3, 0.4) is 0 Å². The average molecular weight is 352 g/mol. The van der Waals surface area contributed by atoms with Crippen LogP contribution in [0.4, 0.5) is 0 Å². The topological polar surface area (TPSA) is 113 Å². The molecule has 2 fully saturated rings. The van der Waals surface area contributed by atoms with Crippen molar-refractivity contribution < 1.29 is 33.8 Å². The van der Waals surface area contributed by atoms with E-state index in [0.29, 0.717) is 0 Å². The quantitative estimate of drug-likeness (QED) is 0.511. The molecule has 0 radical (unpaired) electrons. The predicted molar refractivity (Wildman–Crippen MR) is 82.3 cm³/mol. The fourth-order valence-corrected chi connectivity index (χ4v) is 4.01. The van der Waals surface area contributed by atoms with Crippen molar-refractivity contribution in [3.05, 3.63) is 11.6 Å². The third-order valence-corrected chi connectivity index (χ3v) is 4.88. The Balaban J connectivity index is 1.88. The molecule has 136 valence electrons. The van der Waals surface area contributed by atoms with Crippen LogP contribution < -0.4 is 0 Å². The molecule has 1 N–H and O–H groups in total. The van der Waals surface area contributed by atoms with E-state index in [4.69, 9.17) is 14.6 Å². The van der Waals surface area contributed by atoms with Gasteiger partial charge in [-0.2, -0.15) is 0 Å². The number of carbonyl (C=O) groups excluding carboxylic acids is 3. The molecule has 2 saturated heterocycles. The van der Waals surface area contributed by atoms with E-state index in [1.165, 1.54) is 11.9 Å². The second-order valence-corrected chi connectivity index (χ2v) is 6.83. The number of likely N-dealkylation sites (tertiary alicyclic amines) is 1. The van der Waals surface area contributed by atoms with Crippen molar-refractivity contribution in [1.82, 2.24) is 9.80 Å². The molecular weight excluding hydrogens is 332 g/mol. The zero-order chi connectivity index (χ0) is 18.5. The summed E-state index contributed by atoms with van der Waals surface area (Å²) < 4.78 is 10.8. The Labute approximate surface area is 144 Å².